The van der Waals surface area contributed by atoms with Crippen LogP contribution in [0.5, 0.6) is 5.75 Å². The first-order chi connectivity index (χ1) is 20.7. The number of alkyl halides is 1. The van der Waals surface area contributed by atoms with Crippen LogP contribution in [0.3, 0.4) is 0 Å². The zero-order valence-corrected chi connectivity index (χ0v) is 34.0. The summed E-state index contributed by atoms with van der Waals surface area (Å²) in [7, 11) is 2.13. The van der Waals surface area contributed by atoms with Gasteiger partial charge in [0.25, 0.3) is 0 Å². The summed E-state index contributed by atoms with van der Waals surface area (Å²) >= 11 is 2.39. The van der Waals surface area contributed by atoms with E-state index in [1.165, 1.54) is 0 Å². The maximum atomic E-state index is 14.5. The molecular weight excluding hydrogens is 689 g/mol. The quantitative estimate of drug-likeness (QED) is 0.0991. The van der Waals surface area contributed by atoms with Crippen molar-refractivity contribution in [2.75, 3.05) is 7.05 Å². The molecule has 1 aromatic carbocycles. The van der Waals surface area contributed by atoms with Crippen LogP contribution in [0.25, 0.3) is 0 Å². The van der Waals surface area contributed by atoms with Crippen LogP contribution in [0.4, 0.5) is 0 Å². The molecule has 2 rings (SSSR count). The lowest BCUT2D eigenvalue weighted by Crippen LogP contribution is -2.60. The van der Waals surface area contributed by atoms with Crippen molar-refractivity contribution in [1.82, 2.24) is 4.90 Å². The molecule has 0 amide bonds. The molecule has 1 aliphatic heterocycles. The highest BCUT2D eigenvalue weighted by Crippen LogP contribution is 2.45. The van der Waals surface area contributed by atoms with Crippen LogP contribution < -0.4 is 0 Å². The normalized spacial score (nSPS) is 19.7. The minimum Gasteiger partial charge on any atom is -0.507 e. The van der Waals surface area contributed by atoms with Crippen molar-refractivity contribution in [2.45, 2.75) is 185 Å². The van der Waals surface area contributed by atoms with E-state index < -0.39 is 23.8 Å². The molecule has 1 N–H and O–H groups in total. The Kier molecular flexibility index (Phi) is 13.4. The third kappa shape index (κ3) is 10.6. The zero-order valence-electron chi connectivity index (χ0n) is 31.8. The number of phenols is 1. The predicted octanol–water partition coefficient (Wildman–Crippen LogP) is 10.00. The largest absolute Gasteiger partial charge is 0.507 e. The Balaban J connectivity index is 2.76. The number of piperidine rings is 1. The molecule has 1 aromatic rings. The topological polar surface area (TPSA) is 76.1 Å². The molecule has 1 aliphatic rings. The number of rotatable bonds is 12. The van der Waals surface area contributed by atoms with Crippen molar-refractivity contribution in [3.8, 4) is 5.75 Å². The summed E-state index contributed by atoms with van der Waals surface area (Å²) < 4.78 is 12.6. The number of carbonyl (C=O) groups is 2. The van der Waals surface area contributed by atoms with Crippen LogP contribution in [-0.2, 0) is 29.9 Å². The summed E-state index contributed by atoms with van der Waals surface area (Å²) in [5.41, 5.74) is 1.45. The predicted molar refractivity (Wildman–Crippen MR) is 199 cm³/mol. The molecule has 0 saturated carbocycles. The number of aromatic hydroxyl groups is 1. The minimum atomic E-state index is -1.12. The zero-order chi connectivity index (χ0) is 35.6. The lowest BCUT2D eigenvalue weighted by molar-refractivity contribution is -0.175. The van der Waals surface area contributed by atoms with Crippen LogP contribution >= 0.6 is 22.6 Å². The molecule has 3 atom stereocenters. The highest BCUT2D eigenvalue weighted by molar-refractivity contribution is 14.1. The van der Waals surface area contributed by atoms with E-state index in [4.69, 9.17) is 9.47 Å². The Morgan fingerprint density at radius 2 is 1.41 bits per heavy atom. The third-order valence-corrected chi connectivity index (χ3v) is 10.4. The number of likely N-dealkylation sites (tertiary alicyclic amines) is 1. The number of hydrogen-bond acceptors (Lipinski definition) is 6. The average molecular weight is 756 g/mol. The SMILES string of the molecule is CCCCC(c1cc(C(C)(C)C)c(O)c(C(C)(C)C)c1)C(C(=O)OC(CC)CC(C)(C)I)C(=O)OC1CC(C)(C)N(C)C(C)(C)C1. The summed E-state index contributed by atoms with van der Waals surface area (Å²) in [6.07, 6.45) is 4.48. The first kappa shape index (κ1) is 40.8. The van der Waals surface area contributed by atoms with Crippen LogP contribution in [0.15, 0.2) is 12.1 Å². The number of ether oxygens (including phenoxy) is 2. The smallest absolute Gasteiger partial charge is 0.321 e. The average Bonchev–Trinajstić information content (AvgIpc) is 2.86. The van der Waals surface area contributed by atoms with Crippen molar-refractivity contribution >= 4 is 34.5 Å². The van der Waals surface area contributed by atoms with Gasteiger partial charge in [-0.1, -0.05) is 117 Å². The Labute approximate surface area is 295 Å². The van der Waals surface area contributed by atoms with Crippen molar-refractivity contribution in [3.05, 3.63) is 28.8 Å². The van der Waals surface area contributed by atoms with Gasteiger partial charge in [0.2, 0.25) is 0 Å². The molecular formula is C39H66INO5. The first-order valence-electron chi connectivity index (χ1n) is 17.5. The van der Waals surface area contributed by atoms with Crippen molar-refractivity contribution in [3.63, 3.8) is 0 Å². The fourth-order valence-electron chi connectivity index (χ4n) is 7.04. The standard InChI is InChI=1S/C39H66INO5/c1-16-18-19-28(25-20-29(35(3,4)5)32(42)30(21-25)36(6,7)8)31(33(43)45-26(17-2)22-37(9,10)40)34(44)46-27-23-38(11,12)41(15)39(13,14)24-27/h20-21,26-28,31,42H,16-19,22-24H2,1-15H3. The van der Waals surface area contributed by atoms with Gasteiger partial charge in [0.15, 0.2) is 5.92 Å². The van der Waals surface area contributed by atoms with E-state index in [1.54, 1.807) is 0 Å². The number of nitrogens with zero attached hydrogens (tertiary/aromatic N) is 1. The van der Waals surface area contributed by atoms with E-state index in [2.05, 4.69) is 125 Å². The molecule has 1 fully saturated rings. The van der Waals surface area contributed by atoms with Gasteiger partial charge < -0.3 is 14.6 Å². The van der Waals surface area contributed by atoms with Crippen molar-refractivity contribution < 1.29 is 24.2 Å². The maximum absolute atomic E-state index is 14.5. The number of unbranched alkanes of at least 4 members (excludes halogenated alkanes) is 1. The molecule has 0 radical (unpaired) electrons. The maximum Gasteiger partial charge on any atom is 0.321 e. The van der Waals surface area contributed by atoms with Gasteiger partial charge in [0.05, 0.1) is 0 Å². The van der Waals surface area contributed by atoms with Crippen molar-refractivity contribution in [1.29, 1.82) is 0 Å². The van der Waals surface area contributed by atoms with E-state index in [0.29, 0.717) is 32.1 Å². The van der Waals surface area contributed by atoms with Crippen LogP contribution in [-0.4, -0.2) is 55.7 Å². The van der Waals surface area contributed by atoms with E-state index in [9.17, 15) is 14.7 Å². The Morgan fingerprint density at radius 3 is 1.80 bits per heavy atom. The molecule has 0 bridgehead atoms. The van der Waals surface area contributed by atoms with Gasteiger partial charge in [0.1, 0.15) is 18.0 Å². The second-order valence-electron chi connectivity index (χ2n) is 17.7. The molecule has 7 heteroatoms. The van der Waals surface area contributed by atoms with Gasteiger partial charge in [-0.25, -0.2) is 0 Å². The van der Waals surface area contributed by atoms with E-state index in [0.717, 1.165) is 29.5 Å². The lowest BCUT2D eigenvalue weighted by Gasteiger charge is -2.53. The third-order valence-electron chi connectivity index (χ3n) is 9.96. The Bertz CT molecular complexity index is 1150. The van der Waals surface area contributed by atoms with Crippen LogP contribution in [0.2, 0.25) is 0 Å². The monoisotopic (exact) mass is 755 g/mol. The summed E-state index contributed by atoms with van der Waals surface area (Å²) in [5.74, 6) is -2.30. The molecule has 46 heavy (non-hydrogen) atoms. The van der Waals surface area contributed by atoms with Gasteiger partial charge in [-0.15, -0.1) is 0 Å². The molecule has 3 unspecified atom stereocenters. The van der Waals surface area contributed by atoms with Gasteiger partial charge in [-0.3, -0.25) is 14.5 Å². The number of carbonyl (C=O) groups excluding carboxylic acids is 2. The van der Waals surface area contributed by atoms with Gasteiger partial charge in [0, 0.05) is 33.3 Å². The van der Waals surface area contributed by atoms with Crippen LogP contribution in [0.1, 0.15) is 164 Å². The van der Waals surface area contributed by atoms with Gasteiger partial charge in [-0.05, 0) is 81.5 Å². The van der Waals surface area contributed by atoms with Crippen LogP contribution in [0, 0.1) is 5.92 Å². The molecule has 0 aromatic heterocycles. The number of esters is 2. The number of benzene rings is 1. The second kappa shape index (κ2) is 15.0. The first-order valence-corrected chi connectivity index (χ1v) is 18.5. The minimum absolute atomic E-state index is 0.0677. The molecule has 1 saturated heterocycles. The number of phenolic OH excluding ortho intramolecular Hbond substituents is 1. The van der Waals surface area contributed by atoms with E-state index in [1.807, 2.05) is 19.1 Å². The Morgan fingerprint density at radius 1 is 0.935 bits per heavy atom. The van der Waals surface area contributed by atoms with Gasteiger partial charge >= 0.3 is 11.9 Å². The summed E-state index contributed by atoms with van der Waals surface area (Å²) in [5, 5.41) is 11.5. The van der Waals surface area contributed by atoms with E-state index >= 15 is 0 Å². The highest BCUT2D eigenvalue weighted by Gasteiger charge is 2.47. The van der Waals surface area contributed by atoms with Crippen molar-refractivity contribution in [2.24, 2.45) is 5.92 Å². The number of halogens is 1. The molecule has 6 nitrogen and oxygen atoms in total. The fourth-order valence-corrected chi connectivity index (χ4v) is 7.53. The molecule has 0 spiro atoms. The molecule has 264 valence electrons. The van der Waals surface area contributed by atoms with Gasteiger partial charge in [-0.2, -0.15) is 0 Å². The molecule has 1 heterocycles. The second-order valence-corrected chi connectivity index (χ2v) is 20.7. The summed E-state index contributed by atoms with van der Waals surface area (Å²) in [6, 6.07) is 4.04. The number of hydrogen-bond donors (Lipinski definition) is 1. The molecule has 0 aliphatic carbocycles. The summed E-state index contributed by atoms with van der Waals surface area (Å²) in [6.45, 7) is 29.6. The Hall–Kier alpha value is -1.35. The lowest BCUT2D eigenvalue weighted by atomic mass is 9.74. The highest BCUT2D eigenvalue weighted by atomic mass is 127. The van der Waals surface area contributed by atoms with E-state index in [-0.39, 0.29) is 43.3 Å². The summed E-state index contributed by atoms with van der Waals surface area (Å²) in [4.78, 5) is 31.3. The fraction of sp³-hybridized carbons (Fsp3) is 0.795.